The van der Waals surface area contributed by atoms with Crippen LogP contribution in [-0.4, -0.2) is 5.11 Å². The number of benzene rings is 1. The van der Waals surface area contributed by atoms with Gasteiger partial charge in [0.05, 0.1) is 5.02 Å². The quantitative estimate of drug-likeness (QED) is 0.718. The van der Waals surface area contributed by atoms with Crippen molar-refractivity contribution in [1.82, 2.24) is 0 Å². The number of phenols is 1. The number of hydrogen-bond donors (Lipinski definition) is 1. The van der Waals surface area contributed by atoms with Crippen LogP contribution in [0.25, 0.3) is 0 Å². The van der Waals surface area contributed by atoms with Crippen LogP contribution in [0.15, 0.2) is 18.2 Å². The molecule has 0 aromatic heterocycles. The lowest BCUT2D eigenvalue weighted by Gasteiger charge is -2.14. The summed E-state index contributed by atoms with van der Waals surface area (Å²) in [5.41, 5.74) is -1.02. The van der Waals surface area contributed by atoms with Crippen LogP contribution in [0.1, 0.15) is 19.4 Å². The van der Waals surface area contributed by atoms with Gasteiger partial charge in [-0.2, -0.15) is 0 Å². The van der Waals surface area contributed by atoms with E-state index in [1.165, 1.54) is 26.0 Å². The molecule has 0 aliphatic heterocycles. The van der Waals surface area contributed by atoms with Gasteiger partial charge in [-0.1, -0.05) is 17.7 Å². The van der Waals surface area contributed by atoms with E-state index < -0.39 is 5.67 Å². The second-order valence-electron chi connectivity index (χ2n) is 3.14. The van der Waals surface area contributed by atoms with Crippen molar-refractivity contribution in [3.63, 3.8) is 0 Å². The average molecular weight is 189 g/mol. The lowest BCUT2D eigenvalue weighted by Crippen LogP contribution is -2.08. The molecule has 0 aliphatic rings. The summed E-state index contributed by atoms with van der Waals surface area (Å²) in [4.78, 5) is 0. The van der Waals surface area contributed by atoms with Crippen LogP contribution in [0, 0.1) is 0 Å². The molecule has 1 nitrogen and oxygen atoms in total. The first-order chi connectivity index (χ1) is 5.41. The third kappa shape index (κ3) is 1.89. The lowest BCUT2D eigenvalue weighted by atomic mass is 10.0. The molecule has 0 spiro atoms. The standard InChI is InChI=1S/C9H10ClFO/c1-9(2,11)6-3-4-7(10)8(12)5-6/h3-5,12H,1-2H3. The Hall–Kier alpha value is -0.760. The van der Waals surface area contributed by atoms with Crippen LogP contribution in [0.3, 0.4) is 0 Å². The van der Waals surface area contributed by atoms with Gasteiger partial charge < -0.3 is 5.11 Å². The van der Waals surface area contributed by atoms with Gasteiger partial charge in [-0.3, -0.25) is 0 Å². The zero-order chi connectivity index (χ0) is 9.35. The maximum Gasteiger partial charge on any atom is 0.134 e. The number of hydrogen-bond acceptors (Lipinski definition) is 1. The Morgan fingerprint density at radius 1 is 1.42 bits per heavy atom. The molecule has 1 aromatic carbocycles. The average Bonchev–Trinajstić information content (AvgIpc) is 1.92. The Labute approximate surface area is 75.8 Å². The molecule has 0 amide bonds. The van der Waals surface area contributed by atoms with Crippen molar-refractivity contribution in [2.45, 2.75) is 19.5 Å². The fourth-order valence-electron chi connectivity index (χ4n) is 0.882. The van der Waals surface area contributed by atoms with Crippen LogP contribution in [0.5, 0.6) is 5.75 Å². The fourth-order valence-corrected chi connectivity index (χ4v) is 1.00. The van der Waals surface area contributed by atoms with E-state index in [1.807, 2.05) is 0 Å². The summed E-state index contributed by atoms with van der Waals surface area (Å²) in [6, 6.07) is 4.37. The summed E-state index contributed by atoms with van der Waals surface area (Å²) < 4.78 is 13.3. The van der Waals surface area contributed by atoms with Crippen LogP contribution >= 0.6 is 11.6 Å². The van der Waals surface area contributed by atoms with Gasteiger partial charge in [-0.05, 0) is 31.5 Å². The molecule has 0 aliphatic carbocycles. The number of halogens is 2. The molecular formula is C9H10ClFO. The van der Waals surface area contributed by atoms with Crippen molar-refractivity contribution in [2.24, 2.45) is 0 Å². The third-order valence-electron chi connectivity index (χ3n) is 1.63. The third-order valence-corrected chi connectivity index (χ3v) is 1.95. The summed E-state index contributed by atoms with van der Waals surface area (Å²) in [5.74, 6) is -0.0834. The molecule has 0 heterocycles. The van der Waals surface area contributed by atoms with Crippen LogP contribution in [0.2, 0.25) is 5.02 Å². The maximum atomic E-state index is 13.3. The smallest absolute Gasteiger partial charge is 0.134 e. The van der Waals surface area contributed by atoms with Gasteiger partial charge in [-0.25, -0.2) is 4.39 Å². The summed E-state index contributed by atoms with van der Waals surface area (Å²) in [7, 11) is 0. The van der Waals surface area contributed by atoms with Crippen LogP contribution in [0.4, 0.5) is 4.39 Å². The molecule has 0 saturated heterocycles. The molecule has 0 radical (unpaired) electrons. The van der Waals surface area contributed by atoms with Crippen LogP contribution in [-0.2, 0) is 5.67 Å². The van der Waals surface area contributed by atoms with Crippen molar-refractivity contribution < 1.29 is 9.50 Å². The summed E-state index contributed by atoms with van der Waals surface area (Å²) in [6.07, 6.45) is 0. The summed E-state index contributed by atoms with van der Waals surface area (Å²) in [5, 5.41) is 9.40. The molecule has 0 bridgehead atoms. The summed E-state index contributed by atoms with van der Waals surface area (Å²) in [6.45, 7) is 2.85. The zero-order valence-electron chi connectivity index (χ0n) is 6.94. The molecule has 0 fully saturated rings. The largest absolute Gasteiger partial charge is 0.506 e. The maximum absolute atomic E-state index is 13.3. The topological polar surface area (TPSA) is 20.2 Å². The zero-order valence-corrected chi connectivity index (χ0v) is 7.69. The van der Waals surface area contributed by atoms with Gasteiger partial charge >= 0.3 is 0 Å². The first kappa shape index (κ1) is 9.33. The monoisotopic (exact) mass is 188 g/mol. The van der Waals surface area contributed by atoms with Gasteiger partial charge in [0.2, 0.25) is 0 Å². The molecule has 12 heavy (non-hydrogen) atoms. The van der Waals surface area contributed by atoms with Gasteiger partial charge in [-0.15, -0.1) is 0 Å². The van der Waals surface area contributed by atoms with E-state index in [9.17, 15) is 4.39 Å². The van der Waals surface area contributed by atoms with Crippen LogP contribution < -0.4 is 0 Å². The normalized spacial score (nSPS) is 11.7. The predicted molar refractivity (Wildman–Crippen MR) is 47.3 cm³/mol. The summed E-state index contributed by atoms with van der Waals surface area (Å²) >= 11 is 5.56. The highest BCUT2D eigenvalue weighted by atomic mass is 35.5. The van der Waals surface area contributed by atoms with Gasteiger partial charge in [0.15, 0.2) is 0 Å². The molecule has 0 saturated carbocycles. The number of rotatable bonds is 1. The Balaban J connectivity index is 3.14. The minimum absolute atomic E-state index is 0.0834. The van der Waals surface area contributed by atoms with Gasteiger partial charge in [0.25, 0.3) is 0 Å². The van der Waals surface area contributed by atoms with E-state index in [1.54, 1.807) is 6.07 Å². The first-order valence-electron chi connectivity index (χ1n) is 3.59. The SMILES string of the molecule is CC(C)(F)c1ccc(Cl)c(O)c1. The molecular weight excluding hydrogens is 179 g/mol. The number of aromatic hydroxyl groups is 1. The molecule has 3 heteroatoms. The van der Waals surface area contributed by atoms with Crippen molar-refractivity contribution in [3.05, 3.63) is 28.8 Å². The van der Waals surface area contributed by atoms with Crippen molar-refractivity contribution >= 4 is 11.6 Å². The fraction of sp³-hybridized carbons (Fsp3) is 0.333. The molecule has 1 N–H and O–H groups in total. The van der Waals surface area contributed by atoms with Crippen molar-refractivity contribution in [1.29, 1.82) is 0 Å². The van der Waals surface area contributed by atoms with E-state index in [4.69, 9.17) is 16.7 Å². The highest BCUT2D eigenvalue weighted by Crippen LogP contribution is 2.31. The molecule has 0 unspecified atom stereocenters. The Kier molecular flexibility index (Phi) is 2.29. The Bertz CT molecular complexity index is 291. The van der Waals surface area contributed by atoms with E-state index in [-0.39, 0.29) is 10.8 Å². The highest BCUT2D eigenvalue weighted by Gasteiger charge is 2.19. The molecule has 66 valence electrons. The van der Waals surface area contributed by atoms with Gasteiger partial charge in [0.1, 0.15) is 11.4 Å². The van der Waals surface area contributed by atoms with E-state index in [0.717, 1.165) is 0 Å². The first-order valence-corrected chi connectivity index (χ1v) is 3.97. The second-order valence-corrected chi connectivity index (χ2v) is 3.55. The van der Waals surface area contributed by atoms with Crippen molar-refractivity contribution in [3.8, 4) is 5.75 Å². The number of alkyl halides is 1. The predicted octanol–water partition coefficient (Wildman–Crippen LogP) is 3.25. The molecule has 1 aromatic rings. The number of phenolic OH excluding ortho intramolecular Hbond substituents is 1. The Morgan fingerprint density at radius 3 is 2.42 bits per heavy atom. The van der Waals surface area contributed by atoms with Gasteiger partial charge in [0, 0.05) is 0 Å². The highest BCUT2D eigenvalue weighted by molar-refractivity contribution is 6.32. The van der Waals surface area contributed by atoms with E-state index >= 15 is 0 Å². The molecule has 0 atom stereocenters. The minimum atomic E-state index is -1.44. The Morgan fingerprint density at radius 2 is 2.00 bits per heavy atom. The van der Waals surface area contributed by atoms with Crippen molar-refractivity contribution in [2.75, 3.05) is 0 Å². The minimum Gasteiger partial charge on any atom is -0.506 e. The second kappa shape index (κ2) is 2.94. The molecule has 1 rings (SSSR count). The van der Waals surface area contributed by atoms with E-state index in [2.05, 4.69) is 0 Å². The van der Waals surface area contributed by atoms with E-state index in [0.29, 0.717) is 5.56 Å². The lowest BCUT2D eigenvalue weighted by molar-refractivity contribution is 0.221.